The van der Waals surface area contributed by atoms with Crippen LogP contribution in [0.5, 0.6) is 0 Å². The highest BCUT2D eigenvalue weighted by Gasteiger charge is 2.13. The van der Waals surface area contributed by atoms with Crippen LogP contribution in [-0.2, 0) is 0 Å². The molecule has 0 bridgehead atoms. The largest absolute Gasteiger partial charge is 0.478 e. The van der Waals surface area contributed by atoms with E-state index in [1.165, 1.54) is 23.6 Å². The van der Waals surface area contributed by atoms with Gasteiger partial charge in [0.25, 0.3) is 0 Å². The zero-order valence-electron chi connectivity index (χ0n) is 7.19. The third-order valence-corrected chi connectivity index (χ3v) is 3.21. The Morgan fingerprint density at radius 3 is 2.93 bits per heavy atom. The average Bonchev–Trinajstić information content (AvgIpc) is 2.71. The first kappa shape index (κ1) is 9.99. The molecule has 6 nitrogen and oxygen atoms in total. The second-order valence-corrected chi connectivity index (χ2v) is 4.43. The van der Waals surface area contributed by atoms with Crippen molar-refractivity contribution in [2.45, 2.75) is 9.37 Å². The number of carbonyl (C=O) groups is 1. The Bertz CT molecular complexity index is 474. The Kier molecular flexibility index (Phi) is 2.88. The molecule has 0 saturated carbocycles. The summed E-state index contributed by atoms with van der Waals surface area (Å²) in [7, 11) is 0. The van der Waals surface area contributed by atoms with Gasteiger partial charge in [0.15, 0.2) is 4.34 Å². The van der Waals surface area contributed by atoms with Crippen LogP contribution in [0.2, 0.25) is 0 Å². The predicted octanol–water partition coefficient (Wildman–Crippen LogP) is 1.18. The molecule has 1 N–H and O–H groups in total. The van der Waals surface area contributed by atoms with Crippen LogP contribution >= 0.6 is 23.1 Å². The highest BCUT2D eigenvalue weighted by molar-refractivity contribution is 8.01. The minimum absolute atomic E-state index is 0.116. The number of aromatic carboxylic acids is 1. The molecular weight excluding hydrogens is 236 g/mol. The smallest absolute Gasteiger partial charge is 0.338 e. The summed E-state index contributed by atoms with van der Waals surface area (Å²) in [6.45, 7) is 0. The number of rotatable bonds is 3. The molecule has 0 atom stereocenters. The normalized spacial score (nSPS) is 10.1. The first-order valence-electron chi connectivity index (χ1n) is 3.76. The van der Waals surface area contributed by atoms with Crippen LogP contribution in [0.1, 0.15) is 10.4 Å². The molecule has 2 aromatic rings. The SMILES string of the molecule is O=C(O)c1ccnnc1Sc1nncs1. The van der Waals surface area contributed by atoms with E-state index in [4.69, 9.17) is 5.11 Å². The van der Waals surface area contributed by atoms with Gasteiger partial charge in [-0.05, 0) is 17.8 Å². The zero-order chi connectivity index (χ0) is 10.7. The molecule has 2 aromatic heterocycles. The van der Waals surface area contributed by atoms with Gasteiger partial charge in [0.2, 0.25) is 0 Å². The number of aromatic nitrogens is 4. The van der Waals surface area contributed by atoms with Crippen molar-refractivity contribution < 1.29 is 9.90 Å². The van der Waals surface area contributed by atoms with Crippen molar-refractivity contribution in [3.8, 4) is 0 Å². The van der Waals surface area contributed by atoms with Gasteiger partial charge in [0, 0.05) is 0 Å². The van der Waals surface area contributed by atoms with Gasteiger partial charge in [-0.15, -0.1) is 15.3 Å². The molecule has 2 heterocycles. The monoisotopic (exact) mass is 240 g/mol. The summed E-state index contributed by atoms with van der Waals surface area (Å²) < 4.78 is 0.637. The lowest BCUT2D eigenvalue weighted by Gasteiger charge is -1.99. The molecule has 0 saturated heterocycles. The van der Waals surface area contributed by atoms with Gasteiger partial charge < -0.3 is 5.11 Å². The van der Waals surface area contributed by atoms with E-state index < -0.39 is 5.97 Å². The molecule has 76 valence electrons. The summed E-state index contributed by atoms with van der Waals surface area (Å²) in [4.78, 5) is 10.8. The fourth-order valence-corrected chi connectivity index (χ4v) is 2.29. The van der Waals surface area contributed by atoms with Gasteiger partial charge in [-0.2, -0.15) is 5.10 Å². The van der Waals surface area contributed by atoms with Crippen molar-refractivity contribution in [2.24, 2.45) is 0 Å². The minimum Gasteiger partial charge on any atom is -0.478 e. The molecule has 0 amide bonds. The van der Waals surface area contributed by atoms with Crippen LogP contribution < -0.4 is 0 Å². The van der Waals surface area contributed by atoms with E-state index >= 15 is 0 Å². The molecule has 0 aliphatic heterocycles. The second kappa shape index (κ2) is 4.32. The number of nitrogens with zero attached hydrogens (tertiary/aromatic N) is 4. The molecule has 0 spiro atoms. The Labute approximate surface area is 92.4 Å². The van der Waals surface area contributed by atoms with E-state index in [1.54, 1.807) is 5.51 Å². The summed E-state index contributed by atoms with van der Waals surface area (Å²) in [5, 5.41) is 24.0. The molecular formula is C7H4N4O2S2. The number of hydrogen-bond acceptors (Lipinski definition) is 7. The third kappa shape index (κ3) is 2.28. The lowest BCUT2D eigenvalue weighted by molar-refractivity contribution is 0.0692. The fourth-order valence-electron chi connectivity index (χ4n) is 0.847. The van der Waals surface area contributed by atoms with Gasteiger partial charge in [0.1, 0.15) is 10.5 Å². The Morgan fingerprint density at radius 2 is 2.27 bits per heavy atom. The standard InChI is InChI=1S/C7H4N4O2S2/c12-6(13)4-1-2-8-10-5(4)15-7-11-9-3-14-7/h1-3H,(H,12,13). The first-order valence-corrected chi connectivity index (χ1v) is 5.46. The van der Waals surface area contributed by atoms with Crippen LogP contribution in [0.4, 0.5) is 0 Å². The summed E-state index contributed by atoms with van der Waals surface area (Å²) >= 11 is 2.46. The maximum Gasteiger partial charge on any atom is 0.338 e. The van der Waals surface area contributed by atoms with Gasteiger partial charge in [0.05, 0.1) is 11.8 Å². The lowest BCUT2D eigenvalue weighted by atomic mass is 10.3. The Balaban J connectivity index is 2.32. The van der Waals surface area contributed by atoms with Crippen molar-refractivity contribution in [3.05, 3.63) is 23.3 Å². The van der Waals surface area contributed by atoms with E-state index in [1.807, 2.05) is 0 Å². The summed E-state index contributed by atoms with van der Waals surface area (Å²) in [6.07, 6.45) is 1.34. The van der Waals surface area contributed by atoms with Crippen LogP contribution in [0.25, 0.3) is 0 Å². The topological polar surface area (TPSA) is 88.9 Å². The lowest BCUT2D eigenvalue weighted by Crippen LogP contribution is -2.01. The second-order valence-electron chi connectivity index (χ2n) is 2.36. The predicted molar refractivity (Wildman–Crippen MR) is 53.0 cm³/mol. The van der Waals surface area contributed by atoms with Crippen LogP contribution in [-0.4, -0.2) is 31.5 Å². The first-order chi connectivity index (χ1) is 7.27. The van der Waals surface area contributed by atoms with E-state index in [0.29, 0.717) is 9.37 Å². The number of carboxylic acids is 1. The van der Waals surface area contributed by atoms with Crippen molar-refractivity contribution in [2.75, 3.05) is 0 Å². The van der Waals surface area contributed by atoms with Gasteiger partial charge in [-0.1, -0.05) is 11.3 Å². The molecule has 0 unspecified atom stereocenters. The highest BCUT2D eigenvalue weighted by atomic mass is 32.2. The van der Waals surface area contributed by atoms with Crippen LogP contribution in [0, 0.1) is 0 Å². The molecule has 0 radical (unpaired) electrons. The quantitative estimate of drug-likeness (QED) is 0.861. The van der Waals surface area contributed by atoms with Crippen LogP contribution in [0.3, 0.4) is 0 Å². The molecule has 8 heteroatoms. The van der Waals surface area contributed by atoms with Crippen molar-refractivity contribution in [1.29, 1.82) is 0 Å². The number of carboxylic acid groups (broad SMARTS) is 1. The molecule has 0 aromatic carbocycles. The van der Waals surface area contributed by atoms with E-state index in [9.17, 15) is 4.79 Å². The summed E-state index contributed by atoms with van der Waals surface area (Å²) in [5.74, 6) is -1.03. The Hall–Kier alpha value is -1.54. The summed E-state index contributed by atoms with van der Waals surface area (Å²) in [6, 6.07) is 1.40. The maximum absolute atomic E-state index is 10.8. The molecule has 0 aliphatic carbocycles. The fraction of sp³-hybridized carbons (Fsp3) is 0. The zero-order valence-corrected chi connectivity index (χ0v) is 8.83. The van der Waals surface area contributed by atoms with Crippen LogP contribution in [0.15, 0.2) is 27.1 Å². The molecule has 0 aliphatic rings. The highest BCUT2D eigenvalue weighted by Crippen LogP contribution is 2.28. The van der Waals surface area contributed by atoms with Gasteiger partial charge in [-0.3, -0.25) is 0 Å². The average molecular weight is 240 g/mol. The summed E-state index contributed by atoms with van der Waals surface area (Å²) in [5.41, 5.74) is 1.68. The van der Waals surface area contributed by atoms with Gasteiger partial charge in [-0.25, -0.2) is 4.79 Å². The number of hydrogen-bond donors (Lipinski definition) is 1. The Morgan fingerprint density at radius 1 is 1.40 bits per heavy atom. The third-order valence-electron chi connectivity index (χ3n) is 1.44. The van der Waals surface area contributed by atoms with Crippen molar-refractivity contribution >= 4 is 29.1 Å². The van der Waals surface area contributed by atoms with Crippen molar-refractivity contribution in [3.63, 3.8) is 0 Å². The molecule has 2 rings (SSSR count). The van der Waals surface area contributed by atoms with Crippen molar-refractivity contribution in [1.82, 2.24) is 20.4 Å². The van der Waals surface area contributed by atoms with E-state index in [2.05, 4.69) is 20.4 Å². The molecule has 15 heavy (non-hydrogen) atoms. The van der Waals surface area contributed by atoms with E-state index in [0.717, 1.165) is 11.8 Å². The van der Waals surface area contributed by atoms with E-state index in [-0.39, 0.29) is 5.56 Å². The molecule has 0 fully saturated rings. The van der Waals surface area contributed by atoms with Gasteiger partial charge >= 0.3 is 5.97 Å². The minimum atomic E-state index is -1.03. The maximum atomic E-state index is 10.8.